The average Bonchev–Trinajstić information content (AvgIpc) is 2.44. The lowest BCUT2D eigenvalue weighted by molar-refractivity contribution is -0.122. The zero-order valence-corrected chi connectivity index (χ0v) is 11.6. The minimum absolute atomic E-state index is 0.196. The van der Waals surface area contributed by atoms with Gasteiger partial charge in [-0.25, -0.2) is 0 Å². The number of nitrogen functional groups attached to an aromatic ring is 1. The lowest BCUT2D eigenvalue weighted by Gasteiger charge is -2.16. The van der Waals surface area contributed by atoms with Crippen LogP contribution in [0.1, 0.15) is 12.5 Å². The maximum absolute atomic E-state index is 12.0. The molecule has 0 radical (unpaired) electrons. The van der Waals surface area contributed by atoms with Gasteiger partial charge in [-0.05, 0) is 49.7 Å². The minimum atomic E-state index is -0.575. The van der Waals surface area contributed by atoms with Crippen molar-refractivity contribution in [3.8, 4) is 5.75 Å². The van der Waals surface area contributed by atoms with Crippen LogP contribution in [0.15, 0.2) is 48.5 Å². The van der Waals surface area contributed by atoms with Crippen molar-refractivity contribution in [1.82, 2.24) is 0 Å². The fraction of sp³-hybridized carbons (Fsp3) is 0.188. The molecule has 0 aromatic heterocycles. The van der Waals surface area contributed by atoms with Crippen LogP contribution in [-0.4, -0.2) is 12.0 Å². The zero-order chi connectivity index (χ0) is 14.5. The van der Waals surface area contributed by atoms with Crippen LogP contribution in [0.5, 0.6) is 5.75 Å². The first-order valence-corrected chi connectivity index (χ1v) is 6.45. The van der Waals surface area contributed by atoms with Crippen LogP contribution in [0.3, 0.4) is 0 Å². The zero-order valence-electron chi connectivity index (χ0n) is 11.6. The number of nitrogens with two attached hydrogens (primary N) is 1. The molecule has 4 nitrogen and oxygen atoms in total. The van der Waals surface area contributed by atoms with Crippen molar-refractivity contribution in [3.63, 3.8) is 0 Å². The molecule has 0 aliphatic carbocycles. The van der Waals surface area contributed by atoms with Crippen LogP contribution < -0.4 is 15.8 Å². The SMILES string of the molecule is Cc1ccccc1O[C@@H](C)C(=O)Nc1ccc(N)cc1. The predicted molar refractivity (Wildman–Crippen MR) is 80.8 cm³/mol. The molecule has 104 valence electrons. The van der Waals surface area contributed by atoms with Gasteiger partial charge in [0.15, 0.2) is 6.10 Å². The number of ether oxygens (including phenoxy) is 1. The maximum Gasteiger partial charge on any atom is 0.265 e. The normalized spacial score (nSPS) is 11.7. The second-order valence-corrected chi connectivity index (χ2v) is 4.64. The molecule has 3 N–H and O–H groups in total. The number of aryl methyl sites for hydroxylation is 1. The molecule has 1 amide bonds. The van der Waals surface area contributed by atoms with E-state index in [4.69, 9.17) is 10.5 Å². The van der Waals surface area contributed by atoms with Crippen molar-refractivity contribution in [1.29, 1.82) is 0 Å². The van der Waals surface area contributed by atoms with Gasteiger partial charge in [-0.2, -0.15) is 0 Å². The molecule has 0 heterocycles. The fourth-order valence-electron chi connectivity index (χ4n) is 1.74. The van der Waals surface area contributed by atoms with Crippen LogP contribution in [0.4, 0.5) is 11.4 Å². The van der Waals surface area contributed by atoms with Gasteiger partial charge in [0.2, 0.25) is 0 Å². The predicted octanol–water partition coefficient (Wildman–Crippen LogP) is 2.98. The van der Waals surface area contributed by atoms with Crippen LogP contribution in [0.2, 0.25) is 0 Å². The summed E-state index contributed by atoms with van der Waals surface area (Å²) in [5.41, 5.74) is 7.96. The highest BCUT2D eigenvalue weighted by Crippen LogP contribution is 2.18. The Hall–Kier alpha value is -2.49. The number of carbonyl (C=O) groups is 1. The monoisotopic (exact) mass is 270 g/mol. The summed E-state index contributed by atoms with van der Waals surface area (Å²) in [7, 11) is 0. The number of rotatable bonds is 4. The van der Waals surface area contributed by atoms with Crippen molar-refractivity contribution < 1.29 is 9.53 Å². The molecule has 0 saturated carbocycles. The summed E-state index contributed by atoms with van der Waals surface area (Å²) in [4.78, 5) is 12.0. The summed E-state index contributed by atoms with van der Waals surface area (Å²) in [6.07, 6.45) is -0.575. The van der Waals surface area contributed by atoms with Crippen LogP contribution in [0, 0.1) is 6.92 Å². The Morgan fingerprint density at radius 3 is 2.45 bits per heavy atom. The van der Waals surface area contributed by atoms with Crippen molar-refractivity contribution >= 4 is 17.3 Å². The van der Waals surface area contributed by atoms with E-state index in [0.29, 0.717) is 17.1 Å². The van der Waals surface area contributed by atoms with Gasteiger partial charge in [-0.15, -0.1) is 0 Å². The highest BCUT2D eigenvalue weighted by atomic mass is 16.5. The number of anilines is 2. The molecule has 20 heavy (non-hydrogen) atoms. The first-order valence-electron chi connectivity index (χ1n) is 6.45. The smallest absolute Gasteiger partial charge is 0.265 e. The Morgan fingerprint density at radius 1 is 1.15 bits per heavy atom. The number of carbonyl (C=O) groups excluding carboxylic acids is 1. The number of amides is 1. The molecule has 0 aliphatic rings. The second-order valence-electron chi connectivity index (χ2n) is 4.64. The van der Waals surface area contributed by atoms with E-state index in [1.807, 2.05) is 31.2 Å². The second kappa shape index (κ2) is 6.10. The summed E-state index contributed by atoms with van der Waals surface area (Å²) >= 11 is 0. The third kappa shape index (κ3) is 3.51. The van der Waals surface area contributed by atoms with E-state index in [2.05, 4.69) is 5.32 Å². The van der Waals surface area contributed by atoms with Gasteiger partial charge < -0.3 is 15.8 Å². The standard InChI is InChI=1S/C16H18N2O2/c1-11-5-3-4-6-15(11)20-12(2)16(19)18-14-9-7-13(17)8-10-14/h3-10,12H,17H2,1-2H3,(H,18,19)/t12-/m0/s1. The molecule has 4 heteroatoms. The molecule has 0 saturated heterocycles. The average molecular weight is 270 g/mol. The Bertz CT molecular complexity index is 594. The topological polar surface area (TPSA) is 64.3 Å². The Labute approximate surface area is 118 Å². The van der Waals surface area contributed by atoms with Gasteiger partial charge in [0.05, 0.1) is 0 Å². The van der Waals surface area contributed by atoms with E-state index in [1.54, 1.807) is 31.2 Å². The first-order chi connectivity index (χ1) is 9.56. The number of para-hydroxylation sites is 1. The molecule has 1 atom stereocenters. The summed E-state index contributed by atoms with van der Waals surface area (Å²) in [6.45, 7) is 3.67. The summed E-state index contributed by atoms with van der Waals surface area (Å²) in [5.74, 6) is 0.519. The number of hydrogen-bond acceptors (Lipinski definition) is 3. The maximum atomic E-state index is 12.0. The van der Waals surface area contributed by atoms with Gasteiger partial charge in [0.1, 0.15) is 5.75 Å². The van der Waals surface area contributed by atoms with E-state index >= 15 is 0 Å². The third-order valence-electron chi connectivity index (χ3n) is 2.94. The quantitative estimate of drug-likeness (QED) is 0.839. The molecule has 2 rings (SSSR count). The van der Waals surface area contributed by atoms with Crippen molar-refractivity contribution in [2.75, 3.05) is 11.1 Å². The largest absolute Gasteiger partial charge is 0.481 e. The minimum Gasteiger partial charge on any atom is -0.481 e. The molecule has 0 bridgehead atoms. The van der Waals surface area contributed by atoms with Crippen LogP contribution in [0.25, 0.3) is 0 Å². The molecule has 0 aliphatic heterocycles. The van der Waals surface area contributed by atoms with Gasteiger partial charge in [-0.3, -0.25) is 4.79 Å². The van der Waals surface area contributed by atoms with E-state index in [1.165, 1.54) is 0 Å². The molecule has 0 spiro atoms. The highest BCUT2D eigenvalue weighted by Gasteiger charge is 2.15. The van der Waals surface area contributed by atoms with Gasteiger partial charge >= 0.3 is 0 Å². The molecule has 2 aromatic carbocycles. The highest BCUT2D eigenvalue weighted by molar-refractivity contribution is 5.94. The molecular weight excluding hydrogens is 252 g/mol. The third-order valence-corrected chi connectivity index (χ3v) is 2.94. The van der Waals surface area contributed by atoms with E-state index in [9.17, 15) is 4.79 Å². The van der Waals surface area contributed by atoms with E-state index in [-0.39, 0.29) is 5.91 Å². The summed E-state index contributed by atoms with van der Waals surface area (Å²) in [6, 6.07) is 14.6. The van der Waals surface area contributed by atoms with E-state index in [0.717, 1.165) is 5.56 Å². The van der Waals surface area contributed by atoms with Gasteiger partial charge in [0, 0.05) is 11.4 Å². The number of nitrogens with one attached hydrogen (secondary N) is 1. The molecule has 0 unspecified atom stereocenters. The van der Waals surface area contributed by atoms with Gasteiger partial charge in [-0.1, -0.05) is 18.2 Å². The molecular formula is C16H18N2O2. The van der Waals surface area contributed by atoms with Gasteiger partial charge in [0.25, 0.3) is 5.91 Å². The first kappa shape index (κ1) is 13.9. The van der Waals surface area contributed by atoms with Crippen molar-refractivity contribution in [2.24, 2.45) is 0 Å². The van der Waals surface area contributed by atoms with Crippen molar-refractivity contribution in [2.45, 2.75) is 20.0 Å². The lowest BCUT2D eigenvalue weighted by Crippen LogP contribution is -2.30. The Morgan fingerprint density at radius 2 is 1.80 bits per heavy atom. The van der Waals surface area contributed by atoms with E-state index < -0.39 is 6.10 Å². The Kier molecular flexibility index (Phi) is 4.25. The Balaban J connectivity index is 1.99. The summed E-state index contributed by atoms with van der Waals surface area (Å²) < 4.78 is 5.67. The summed E-state index contributed by atoms with van der Waals surface area (Å²) in [5, 5.41) is 2.79. The lowest BCUT2D eigenvalue weighted by atomic mass is 10.2. The van der Waals surface area contributed by atoms with Crippen molar-refractivity contribution in [3.05, 3.63) is 54.1 Å². The number of benzene rings is 2. The number of hydrogen-bond donors (Lipinski definition) is 2. The molecule has 2 aromatic rings. The van der Waals surface area contributed by atoms with Crippen LogP contribution >= 0.6 is 0 Å². The fourth-order valence-corrected chi connectivity index (χ4v) is 1.74. The molecule has 0 fully saturated rings. The van der Waals surface area contributed by atoms with Crippen LogP contribution in [-0.2, 0) is 4.79 Å².